The number of allylic oxidation sites excluding steroid dienone is 1. The Morgan fingerprint density at radius 2 is 1.96 bits per heavy atom. The van der Waals surface area contributed by atoms with Crippen molar-refractivity contribution in [2.75, 3.05) is 0 Å². The minimum atomic E-state index is 0. The topological polar surface area (TPSA) is 17.8 Å². The summed E-state index contributed by atoms with van der Waals surface area (Å²) in [6.07, 6.45) is 6.69. The number of benzene rings is 2. The number of aryl methyl sites for hydroxylation is 2. The van der Waals surface area contributed by atoms with E-state index in [1.165, 1.54) is 22.4 Å². The molecule has 0 N–H and O–H groups in total. The van der Waals surface area contributed by atoms with Gasteiger partial charge in [-0.3, -0.25) is 4.98 Å². The summed E-state index contributed by atoms with van der Waals surface area (Å²) in [5.74, 6) is 0.920. The summed E-state index contributed by atoms with van der Waals surface area (Å²) in [6, 6.07) is 15.6. The van der Waals surface area contributed by atoms with E-state index in [0.717, 1.165) is 17.8 Å². The number of rotatable bonds is 4. The van der Waals surface area contributed by atoms with Crippen molar-refractivity contribution in [2.45, 2.75) is 20.3 Å². The molecule has 23 heavy (non-hydrogen) atoms. The average molecular weight is 480 g/mol. The standard InChI is InChI=1S/C20H19N2.Ir/c1-4-8-17-13-15(2)19(16(3)14-17)22-12-11-21-20(22)18-9-6-5-7-10-18;/h4-7,9,11-14H,1,8H2,2-3H3;/q-1;. The Hall–Kier alpha value is -1.96. The molecule has 0 amide bonds. The van der Waals surface area contributed by atoms with Gasteiger partial charge < -0.3 is 4.57 Å². The van der Waals surface area contributed by atoms with E-state index in [-0.39, 0.29) is 20.1 Å². The van der Waals surface area contributed by atoms with Gasteiger partial charge in [0.25, 0.3) is 0 Å². The summed E-state index contributed by atoms with van der Waals surface area (Å²) in [7, 11) is 0. The first-order valence-electron chi connectivity index (χ1n) is 7.42. The van der Waals surface area contributed by atoms with Crippen molar-refractivity contribution < 1.29 is 20.1 Å². The zero-order valence-corrected chi connectivity index (χ0v) is 15.7. The molecule has 1 aromatic heterocycles. The zero-order chi connectivity index (χ0) is 15.5. The van der Waals surface area contributed by atoms with Crippen LogP contribution in [0.5, 0.6) is 0 Å². The predicted octanol–water partition coefficient (Wildman–Crippen LogP) is 4.68. The molecule has 0 spiro atoms. The Labute approximate surface area is 151 Å². The van der Waals surface area contributed by atoms with E-state index in [9.17, 15) is 0 Å². The third-order valence-corrected chi connectivity index (χ3v) is 3.76. The van der Waals surface area contributed by atoms with Crippen molar-refractivity contribution in [3.63, 3.8) is 0 Å². The van der Waals surface area contributed by atoms with Gasteiger partial charge in [-0.05, 0) is 37.0 Å². The molecule has 0 saturated carbocycles. The molecule has 1 heterocycles. The number of nitrogens with zero attached hydrogens (tertiary/aromatic N) is 2. The fourth-order valence-electron chi connectivity index (χ4n) is 2.93. The first kappa shape index (κ1) is 17.4. The number of hydrogen-bond donors (Lipinski definition) is 0. The van der Waals surface area contributed by atoms with Crippen LogP contribution in [0.2, 0.25) is 0 Å². The van der Waals surface area contributed by atoms with Crippen molar-refractivity contribution in [1.82, 2.24) is 9.55 Å². The molecular formula is C20H19IrN2-. The fraction of sp³-hybridized carbons (Fsp3) is 0.150. The summed E-state index contributed by atoms with van der Waals surface area (Å²) in [6.45, 7) is 8.11. The van der Waals surface area contributed by atoms with Crippen molar-refractivity contribution in [1.29, 1.82) is 0 Å². The Balaban J connectivity index is 0.00000192. The predicted molar refractivity (Wildman–Crippen MR) is 91.2 cm³/mol. The molecule has 2 nitrogen and oxygen atoms in total. The van der Waals surface area contributed by atoms with Crippen molar-refractivity contribution in [3.8, 4) is 17.1 Å². The monoisotopic (exact) mass is 480 g/mol. The second kappa shape index (κ2) is 7.54. The van der Waals surface area contributed by atoms with Crippen molar-refractivity contribution >= 4 is 0 Å². The molecule has 1 radical (unpaired) electrons. The van der Waals surface area contributed by atoms with Crippen LogP contribution in [-0.4, -0.2) is 9.55 Å². The Kier molecular flexibility index (Phi) is 5.70. The van der Waals surface area contributed by atoms with Crippen LogP contribution in [-0.2, 0) is 26.5 Å². The molecule has 0 aliphatic rings. The molecule has 3 aromatic rings. The summed E-state index contributed by atoms with van der Waals surface area (Å²) in [5, 5.41) is 0. The second-order valence-corrected chi connectivity index (χ2v) is 5.47. The van der Waals surface area contributed by atoms with Gasteiger partial charge >= 0.3 is 0 Å². The SMILES string of the molecule is C=CCc1cc(C)c(-n2ccnc2-c2[c-]cccc2)c(C)c1.[Ir]. The normalized spacial score (nSPS) is 10.2. The van der Waals surface area contributed by atoms with E-state index >= 15 is 0 Å². The molecule has 3 heteroatoms. The third kappa shape index (κ3) is 3.52. The van der Waals surface area contributed by atoms with Gasteiger partial charge in [0.05, 0.1) is 5.82 Å². The summed E-state index contributed by atoms with van der Waals surface area (Å²) < 4.78 is 2.15. The quantitative estimate of drug-likeness (QED) is 0.392. The zero-order valence-electron chi connectivity index (χ0n) is 13.3. The number of hydrogen-bond acceptors (Lipinski definition) is 1. The van der Waals surface area contributed by atoms with E-state index in [4.69, 9.17) is 0 Å². The Morgan fingerprint density at radius 3 is 2.57 bits per heavy atom. The molecular weight excluding hydrogens is 460 g/mol. The summed E-state index contributed by atoms with van der Waals surface area (Å²) in [5.41, 5.74) is 5.97. The molecule has 119 valence electrons. The van der Waals surface area contributed by atoms with E-state index in [0.29, 0.717) is 0 Å². The van der Waals surface area contributed by atoms with Gasteiger partial charge in [-0.25, -0.2) is 0 Å². The first-order chi connectivity index (χ1) is 10.7. The maximum Gasteiger partial charge on any atom is 0.0602 e. The maximum absolute atomic E-state index is 4.52. The Morgan fingerprint density at radius 1 is 1.22 bits per heavy atom. The van der Waals surface area contributed by atoms with E-state index in [1.807, 2.05) is 42.7 Å². The van der Waals surface area contributed by atoms with Crippen molar-refractivity contribution in [2.24, 2.45) is 0 Å². The summed E-state index contributed by atoms with van der Waals surface area (Å²) >= 11 is 0. The first-order valence-corrected chi connectivity index (χ1v) is 7.42. The second-order valence-electron chi connectivity index (χ2n) is 5.47. The van der Waals surface area contributed by atoms with Crippen LogP contribution in [0.1, 0.15) is 16.7 Å². The molecule has 0 unspecified atom stereocenters. The third-order valence-electron chi connectivity index (χ3n) is 3.76. The molecule has 0 saturated heterocycles. The van der Waals surface area contributed by atoms with Gasteiger partial charge in [-0.15, -0.1) is 42.5 Å². The van der Waals surface area contributed by atoms with E-state index in [2.05, 4.69) is 48.2 Å². The van der Waals surface area contributed by atoms with Crippen LogP contribution < -0.4 is 0 Å². The van der Waals surface area contributed by atoms with E-state index < -0.39 is 0 Å². The van der Waals surface area contributed by atoms with Gasteiger partial charge in [0, 0.05) is 38.2 Å². The van der Waals surface area contributed by atoms with Crippen LogP contribution in [0.3, 0.4) is 0 Å². The number of aromatic nitrogens is 2. The van der Waals surface area contributed by atoms with Gasteiger partial charge in [0.1, 0.15) is 0 Å². The average Bonchev–Trinajstić information content (AvgIpc) is 2.97. The van der Waals surface area contributed by atoms with E-state index in [1.54, 1.807) is 0 Å². The smallest absolute Gasteiger partial charge is 0.0602 e. The largest absolute Gasteiger partial charge is 0.340 e. The van der Waals surface area contributed by atoms with Crippen LogP contribution in [0.25, 0.3) is 17.1 Å². The molecule has 0 fully saturated rings. The molecule has 2 aromatic carbocycles. The maximum atomic E-state index is 4.52. The molecule has 0 atom stereocenters. The molecule has 0 aliphatic heterocycles. The van der Waals surface area contributed by atoms with Crippen LogP contribution in [0.15, 0.2) is 61.4 Å². The van der Waals surface area contributed by atoms with Crippen LogP contribution in [0, 0.1) is 19.9 Å². The number of imidazole rings is 1. The molecule has 0 bridgehead atoms. The molecule has 0 aliphatic carbocycles. The van der Waals surface area contributed by atoms with Crippen molar-refractivity contribution in [3.05, 3.63) is 84.2 Å². The minimum absolute atomic E-state index is 0. The van der Waals surface area contributed by atoms with Crippen LogP contribution >= 0.6 is 0 Å². The Bertz CT molecular complexity index is 781. The van der Waals surface area contributed by atoms with Gasteiger partial charge in [-0.1, -0.05) is 18.2 Å². The summed E-state index contributed by atoms with van der Waals surface area (Å²) in [4.78, 5) is 4.52. The van der Waals surface area contributed by atoms with Gasteiger partial charge in [0.15, 0.2) is 0 Å². The minimum Gasteiger partial charge on any atom is -0.340 e. The van der Waals surface area contributed by atoms with Gasteiger partial charge in [0.2, 0.25) is 0 Å². The van der Waals surface area contributed by atoms with Crippen LogP contribution in [0.4, 0.5) is 0 Å². The van der Waals surface area contributed by atoms with Gasteiger partial charge in [-0.2, -0.15) is 0 Å². The fourth-order valence-corrected chi connectivity index (χ4v) is 2.93. The molecule has 3 rings (SSSR count).